The predicted molar refractivity (Wildman–Crippen MR) is 113 cm³/mol. The van der Waals surface area contributed by atoms with Crippen molar-refractivity contribution in [1.82, 2.24) is 14.8 Å². The van der Waals surface area contributed by atoms with E-state index in [0.29, 0.717) is 12.0 Å². The highest BCUT2D eigenvalue weighted by molar-refractivity contribution is 5.87. The Kier molecular flexibility index (Phi) is 5.83. The lowest BCUT2D eigenvalue weighted by Crippen LogP contribution is -2.36. The summed E-state index contributed by atoms with van der Waals surface area (Å²) in [6.45, 7) is 4.22. The Morgan fingerprint density at radius 1 is 1.00 bits per heavy atom. The van der Waals surface area contributed by atoms with Crippen LogP contribution < -0.4 is 0 Å². The highest BCUT2D eigenvalue weighted by Crippen LogP contribution is 2.18. The zero-order valence-corrected chi connectivity index (χ0v) is 16.4. The van der Waals surface area contributed by atoms with Crippen molar-refractivity contribution >= 4 is 16.8 Å². The standard InChI is InChI=1S/C24H24N4O/c25-17-19-7-9-20(10-8-19)18-27-12-3-13-28(15-14-27)23(29)16-22-5-1-4-21-6-2-11-26-24(21)22/h1-2,4-11H,3,12-16,18H2. The molecule has 2 heterocycles. The molecular formula is C24H24N4O. The summed E-state index contributed by atoms with van der Waals surface area (Å²) >= 11 is 0. The van der Waals surface area contributed by atoms with Crippen molar-refractivity contribution in [2.75, 3.05) is 26.2 Å². The molecule has 1 amide bonds. The van der Waals surface area contributed by atoms with Gasteiger partial charge in [-0.1, -0.05) is 36.4 Å². The molecule has 0 N–H and O–H groups in total. The van der Waals surface area contributed by atoms with E-state index >= 15 is 0 Å². The molecule has 0 aliphatic carbocycles. The summed E-state index contributed by atoms with van der Waals surface area (Å²) in [7, 11) is 0. The molecule has 1 fully saturated rings. The minimum atomic E-state index is 0.170. The molecule has 29 heavy (non-hydrogen) atoms. The van der Waals surface area contributed by atoms with Crippen LogP contribution >= 0.6 is 0 Å². The van der Waals surface area contributed by atoms with E-state index in [1.807, 2.05) is 59.5 Å². The molecule has 0 radical (unpaired) electrons. The largest absolute Gasteiger partial charge is 0.341 e. The van der Waals surface area contributed by atoms with Crippen LogP contribution in [-0.2, 0) is 17.8 Å². The third-order valence-electron chi connectivity index (χ3n) is 5.49. The van der Waals surface area contributed by atoms with Gasteiger partial charge in [-0.3, -0.25) is 14.7 Å². The number of nitriles is 1. The van der Waals surface area contributed by atoms with E-state index in [2.05, 4.69) is 16.0 Å². The van der Waals surface area contributed by atoms with Crippen LogP contribution in [0.3, 0.4) is 0 Å². The van der Waals surface area contributed by atoms with Crippen LogP contribution in [0.5, 0.6) is 0 Å². The molecule has 146 valence electrons. The number of rotatable bonds is 4. The fraction of sp³-hybridized carbons (Fsp3) is 0.292. The molecule has 0 saturated carbocycles. The maximum atomic E-state index is 12.9. The van der Waals surface area contributed by atoms with Gasteiger partial charge in [-0.15, -0.1) is 0 Å². The van der Waals surface area contributed by atoms with E-state index in [0.717, 1.165) is 55.6 Å². The second-order valence-electron chi connectivity index (χ2n) is 7.49. The number of nitrogens with zero attached hydrogens (tertiary/aromatic N) is 4. The van der Waals surface area contributed by atoms with Crippen molar-refractivity contribution in [3.05, 3.63) is 77.5 Å². The minimum absolute atomic E-state index is 0.170. The average molecular weight is 384 g/mol. The van der Waals surface area contributed by atoms with Gasteiger partial charge in [0.05, 0.1) is 23.6 Å². The van der Waals surface area contributed by atoms with Gasteiger partial charge in [0, 0.05) is 44.3 Å². The molecule has 1 aromatic heterocycles. The normalized spacial score (nSPS) is 15.1. The number of aromatic nitrogens is 1. The number of hydrogen-bond donors (Lipinski definition) is 0. The van der Waals surface area contributed by atoms with Crippen LogP contribution in [0, 0.1) is 11.3 Å². The SMILES string of the molecule is N#Cc1ccc(CN2CCCN(C(=O)Cc3cccc4cccnc34)CC2)cc1. The Bertz CT molecular complexity index is 1030. The molecule has 0 spiro atoms. The monoisotopic (exact) mass is 384 g/mol. The van der Waals surface area contributed by atoms with Crippen molar-refractivity contribution in [3.63, 3.8) is 0 Å². The van der Waals surface area contributed by atoms with Crippen molar-refractivity contribution in [3.8, 4) is 6.07 Å². The Hall–Kier alpha value is -3.23. The van der Waals surface area contributed by atoms with Gasteiger partial charge >= 0.3 is 0 Å². The Morgan fingerprint density at radius 3 is 2.66 bits per heavy atom. The van der Waals surface area contributed by atoms with Gasteiger partial charge < -0.3 is 4.90 Å². The summed E-state index contributed by atoms with van der Waals surface area (Å²) in [5.41, 5.74) is 3.79. The third-order valence-corrected chi connectivity index (χ3v) is 5.49. The number of benzene rings is 2. The average Bonchev–Trinajstić information content (AvgIpc) is 3.00. The zero-order valence-electron chi connectivity index (χ0n) is 16.4. The lowest BCUT2D eigenvalue weighted by molar-refractivity contribution is -0.130. The van der Waals surface area contributed by atoms with E-state index in [1.54, 1.807) is 6.20 Å². The highest BCUT2D eigenvalue weighted by Gasteiger charge is 2.20. The third kappa shape index (κ3) is 4.61. The number of fused-ring (bicyclic) bond motifs is 1. The Morgan fingerprint density at radius 2 is 1.83 bits per heavy atom. The summed E-state index contributed by atoms with van der Waals surface area (Å²) in [5.74, 6) is 0.170. The molecule has 1 aliphatic rings. The zero-order chi connectivity index (χ0) is 20.1. The molecule has 0 atom stereocenters. The molecule has 5 heteroatoms. The first-order valence-corrected chi connectivity index (χ1v) is 10.0. The first-order chi connectivity index (χ1) is 14.2. The number of pyridine rings is 1. The minimum Gasteiger partial charge on any atom is -0.341 e. The second-order valence-corrected chi connectivity index (χ2v) is 7.49. The summed E-state index contributed by atoms with van der Waals surface area (Å²) in [4.78, 5) is 21.8. The van der Waals surface area contributed by atoms with Crippen molar-refractivity contribution < 1.29 is 4.79 Å². The van der Waals surface area contributed by atoms with E-state index in [9.17, 15) is 4.79 Å². The van der Waals surface area contributed by atoms with E-state index in [-0.39, 0.29) is 5.91 Å². The van der Waals surface area contributed by atoms with Crippen LogP contribution in [0.2, 0.25) is 0 Å². The molecule has 3 aromatic rings. The predicted octanol–water partition coefficient (Wildman–Crippen LogP) is 3.38. The molecule has 0 unspecified atom stereocenters. The summed E-state index contributed by atoms with van der Waals surface area (Å²) in [6.07, 6.45) is 3.14. The first kappa shape index (κ1) is 19.1. The quantitative estimate of drug-likeness (QED) is 0.692. The smallest absolute Gasteiger partial charge is 0.227 e. The van der Waals surface area contributed by atoms with Crippen molar-refractivity contribution in [1.29, 1.82) is 5.26 Å². The van der Waals surface area contributed by atoms with Gasteiger partial charge in [0.1, 0.15) is 0 Å². The van der Waals surface area contributed by atoms with Gasteiger partial charge in [0.15, 0.2) is 0 Å². The lowest BCUT2D eigenvalue weighted by Gasteiger charge is -2.22. The van der Waals surface area contributed by atoms with Gasteiger partial charge in [-0.2, -0.15) is 5.26 Å². The van der Waals surface area contributed by atoms with E-state index in [1.165, 1.54) is 5.56 Å². The molecule has 2 aromatic carbocycles. The number of amides is 1. The number of carbonyl (C=O) groups excluding carboxylic acids is 1. The fourth-order valence-corrected chi connectivity index (χ4v) is 3.91. The highest BCUT2D eigenvalue weighted by atomic mass is 16.2. The van der Waals surface area contributed by atoms with E-state index in [4.69, 9.17) is 5.26 Å². The van der Waals surface area contributed by atoms with Gasteiger partial charge in [-0.05, 0) is 35.7 Å². The second kappa shape index (κ2) is 8.85. The van der Waals surface area contributed by atoms with Gasteiger partial charge in [0.25, 0.3) is 0 Å². The maximum Gasteiger partial charge on any atom is 0.227 e. The van der Waals surface area contributed by atoms with E-state index < -0.39 is 0 Å². The molecular weight excluding hydrogens is 360 g/mol. The number of para-hydroxylation sites is 1. The topological polar surface area (TPSA) is 60.2 Å². The van der Waals surface area contributed by atoms with Crippen LogP contribution in [0.4, 0.5) is 0 Å². The Balaban J connectivity index is 1.37. The van der Waals surface area contributed by atoms with Crippen molar-refractivity contribution in [2.24, 2.45) is 0 Å². The van der Waals surface area contributed by atoms with Gasteiger partial charge in [0.2, 0.25) is 5.91 Å². The summed E-state index contributed by atoms with van der Waals surface area (Å²) in [6, 6.07) is 19.9. The van der Waals surface area contributed by atoms with Gasteiger partial charge in [-0.25, -0.2) is 0 Å². The van der Waals surface area contributed by atoms with Crippen LogP contribution in [0.15, 0.2) is 60.8 Å². The van der Waals surface area contributed by atoms with Crippen LogP contribution in [0.25, 0.3) is 10.9 Å². The molecule has 5 nitrogen and oxygen atoms in total. The van der Waals surface area contributed by atoms with Crippen LogP contribution in [-0.4, -0.2) is 46.9 Å². The molecule has 4 rings (SSSR count). The fourth-order valence-electron chi connectivity index (χ4n) is 3.91. The molecule has 0 bridgehead atoms. The van der Waals surface area contributed by atoms with Crippen LogP contribution in [0.1, 0.15) is 23.1 Å². The molecule has 1 aliphatic heterocycles. The first-order valence-electron chi connectivity index (χ1n) is 10.0. The van der Waals surface area contributed by atoms with Crippen molar-refractivity contribution in [2.45, 2.75) is 19.4 Å². The number of carbonyl (C=O) groups is 1. The Labute approximate surface area is 171 Å². The molecule has 1 saturated heterocycles. The summed E-state index contributed by atoms with van der Waals surface area (Å²) < 4.78 is 0. The summed E-state index contributed by atoms with van der Waals surface area (Å²) in [5, 5.41) is 10.0. The number of hydrogen-bond acceptors (Lipinski definition) is 4. The maximum absolute atomic E-state index is 12.9. The lowest BCUT2D eigenvalue weighted by atomic mass is 10.1.